The Morgan fingerprint density at radius 2 is 2.06 bits per heavy atom. The standard InChI is InChI=1S/C10H7BrClNO2S2/c11-8-4-3-7(12)6-9(8)13-17(14,15)10-2-1-5-16-10/h1-6,13H. The summed E-state index contributed by atoms with van der Waals surface area (Å²) in [5.41, 5.74) is 0.422. The number of benzene rings is 1. The Balaban J connectivity index is 2.36. The van der Waals surface area contributed by atoms with E-state index < -0.39 is 10.0 Å². The van der Waals surface area contributed by atoms with Gasteiger partial charge in [-0.15, -0.1) is 11.3 Å². The molecule has 0 unspecified atom stereocenters. The molecule has 1 N–H and O–H groups in total. The summed E-state index contributed by atoms with van der Waals surface area (Å²) in [5.74, 6) is 0. The van der Waals surface area contributed by atoms with Gasteiger partial charge in [0.2, 0.25) is 0 Å². The summed E-state index contributed by atoms with van der Waals surface area (Å²) in [7, 11) is -3.53. The average Bonchev–Trinajstić information content (AvgIpc) is 2.77. The minimum absolute atomic E-state index is 0.268. The molecule has 0 aliphatic rings. The molecule has 0 fully saturated rings. The second-order valence-corrected chi connectivity index (χ2v) is 7.31. The van der Waals surface area contributed by atoms with Crippen LogP contribution in [0.2, 0.25) is 5.02 Å². The average molecular weight is 353 g/mol. The molecule has 0 aliphatic heterocycles. The number of sulfonamides is 1. The minimum Gasteiger partial charge on any atom is -0.278 e. The zero-order valence-electron chi connectivity index (χ0n) is 8.35. The molecule has 0 bridgehead atoms. The first kappa shape index (κ1) is 12.9. The van der Waals surface area contributed by atoms with Crippen molar-refractivity contribution in [3.05, 3.63) is 45.2 Å². The van der Waals surface area contributed by atoms with Gasteiger partial charge >= 0.3 is 0 Å². The number of nitrogens with one attached hydrogen (secondary N) is 1. The molecule has 90 valence electrons. The molecule has 0 aliphatic carbocycles. The van der Waals surface area contributed by atoms with Gasteiger partial charge in [-0.1, -0.05) is 17.7 Å². The molecule has 0 saturated heterocycles. The molecule has 3 nitrogen and oxygen atoms in total. The van der Waals surface area contributed by atoms with Gasteiger partial charge in [0.1, 0.15) is 4.21 Å². The van der Waals surface area contributed by atoms with Crippen LogP contribution in [0.25, 0.3) is 0 Å². The van der Waals surface area contributed by atoms with Crippen molar-refractivity contribution in [3.8, 4) is 0 Å². The van der Waals surface area contributed by atoms with Gasteiger partial charge in [-0.05, 0) is 45.6 Å². The smallest absolute Gasteiger partial charge is 0.271 e. The van der Waals surface area contributed by atoms with Crippen LogP contribution in [0.1, 0.15) is 0 Å². The summed E-state index contributed by atoms with van der Waals surface area (Å²) in [6.45, 7) is 0. The summed E-state index contributed by atoms with van der Waals surface area (Å²) in [6, 6.07) is 8.15. The fourth-order valence-electron chi connectivity index (χ4n) is 1.19. The number of hydrogen-bond acceptors (Lipinski definition) is 3. The van der Waals surface area contributed by atoms with E-state index in [0.717, 1.165) is 11.3 Å². The van der Waals surface area contributed by atoms with Crippen molar-refractivity contribution in [2.45, 2.75) is 4.21 Å². The molecular formula is C10H7BrClNO2S2. The lowest BCUT2D eigenvalue weighted by Crippen LogP contribution is -2.11. The first-order valence-corrected chi connectivity index (χ1v) is 8.04. The molecule has 1 heterocycles. The van der Waals surface area contributed by atoms with Crippen LogP contribution in [0.3, 0.4) is 0 Å². The van der Waals surface area contributed by atoms with Crippen LogP contribution >= 0.6 is 38.9 Å². The van der Waals surface area contributed by atoms with Crippen molar-refractivity contribution in [1.29, 1.82) is 0 Å². The highest BCUT2D eigenvalue weighted by Gasteiger charge is 2.16. The topological polar surface area (TPSA) is 46.2 Å². The van der Waals surface area contributed by atoms with E-state index in [2.05, 4.69) is 20.7 Å². The Bertz CT molecular complexity index is 626. The summed E-state index contributed by atoms with van der Waals surface area (Å²) >= 11 is 10.2. The van der Waals surface area contributed by atoms with E-state index in [0.29, 0.717) is 15.2 Å². The lowest BCUT2D eigenvalue weighted by atomic mass is 10.3. The highest BCUT2D eigenvalue weighted by atomic mass is 79.9. The zero-order valence-corrected chi connectivity index (χ0v) is 12.3. The molecule has 0 spiro atoms. The second-order valence-electron chi connectivity index (χ2n) is 3.16. The number of halogens is 2. The highest BCUT2D eigenvalue weighted by Crippen LogP contribution is 2.28. The fraction of sp³-hybridized carbons (Fsp3) is 0. The highest BCUT2D eigenvalue weighted by molar-refractivity contribution is 9.10. The van der Waals surface area contributed by atoms with Crippen LogP contribution in [0.4, 0.5) is 5.69 Å². The third-order valence-corrected chi connectivity index (χ3v) is 5.62. The molecule has 2 rings (SSSR count). The van der Waals surface area contributed by atoms with Crippen LogP contribution in [0.5, 0.6) is 0 Å². The Kier molecular flexibility index (Phi) is 3.77. The van der Waals surface area contributed by atoms with E-state index in [1.165, 1.54) is 0 Å². The summed E-state index contributed by atoms with van der Waals surface area (Å²) in [5, 5.41) is 2.18. The van der Waals surface area contributed by atoms with Crippen molar-refractivity contribution in [2.75, 3.05) is 4.72 Å². The zero-order chi connectivity index (χ0) is 12.5. The van der Waals surface area contributed by atoms with Crippen molar-refractivity contribution < 1.29 is 8.42 Å². The monoisotopic (exact) mass is 351 g/mol. The van der Waals surface area contributed by atoms with Crippen LogP contribution < -0.4 is 4.72 Å². The summed E-state index contributed by atoms with van der Waals surface area (Å²) in [6.07, 6.45) is 0. The Morgan fingerprint density at radius 3 is 2.71 bits per heavy atom. The van der Waals surface area contributed by atoms with E-state index in [-0.39, 0.29) is 4.21 Å². The van der Waals surface area contributed by atoms with E-state index in [4.69, 9.17) is 11.6 Å². The van der Waals surface area contributed by atoms with Gasteiger partial charge in [-0.3, -0.25) is 4.72 Å². The largest absolute Gasteiger partial charge is 0.278 e. The maximum Gasteiger partial charge on any atom is 0.271 e. The van der Waals surface area contributed by atoms with Crippen LogP contribution in [0, 0.1) is 0 Å². The first-order valence-electron chi connectivity index (χ1n) is 4.50. The molecule has 0 amide bonds. The molecule has 0 atom stereocenters. The van der Waals surface area contributed by atoms with Gasteiger partial charge < -0.3 is 0 Å². The summed E-state index contributed by atoms with van der Waals surface area (Å²) in [4.78, 5) is 0. The van der Waals surface area contributed by atoms with Gasteiger partial charge in [0.05, 0.1) is 5.69 Å². The molecule has 1 aromatic heterocycles. The quantitative estimate of drug-likeness (QED) is 0.908. The van der Waals surface area contributed by atoms with Crippen LogP contribution in [-0.2, 0) is 10.0 Å². The lowest BCUT2D eigenvalue weighted by molar-refractivity contribution is 0.603. The number of hydrogen-bond donors (Lipinski definition) is 1. The van der Waals surface area contributed by atoms with E-state index in [9.17, 15) is 8.42 Å². The maximum atomic E-state index is 12.0. The van der Waals surface area contributed by atoms with E-state index in [1.54, 1.807) is 35.7 Å². The molecule has 0 radical (unpaired) electrons. The van der Waals surface area contributed by atoms with E-state index >= 15 is 0 Å². The second kappa shape index (κ2) is 4.97. The van der Waals surface area contributed by atoms with Gasteiger partial charge in [0, 0.05) is 9.50 Å². The molecular weight excluding hydrogens is 346 g/mol. The fourth-order valence-corrected chi connectivity index (χ4v) is 3.90. The molecule has 17 heavy (non-hydrogen) atoms. The molecule has 7 heteroatoms. The maximum absolute atomic E-state index is 12.0. The van der Waals surface area contributed by atoms with Crippen LogP contribution in [-0.4, -0.2) is 8.42 Å². The van der Waals surface area contributed by atoms with Crippen molar-refractivity contribution in [2.24, 2.45) is 0 Å². The Hall–Kier alpha value is -0.560. The van der Waals surface area contributed by atoms with Crippen molar-refractivity contribution in [1.82, 2.24) is 0 Å². The predicted molar refractivity (Wildman–Crippen MR) is 74.3 cm³/mol. The molecule has 0 saturated carbocycles. The Labute approximate surface area is 117 Å². The van der Waals surface area contributed by atoms with Gasteiger partial charge in [0.15, 0.2) is 0 Å². The van der Waals surface area contributed by atoms with E-state index in [1.807, 2.05) is 0 Å². The van der Waals surface area contributed by atoms with Crippen LogP contribution in [0.15, 0.2) is 44.4 Å². The lowest BCUT2D eigenvalue weighted by Gasteiger charge is -2.08. The minimum atomic E-state index is -3.53. The third-order valence-electron chi connectivity index (χ3n) is 1.93. The number of anilines is 1. The van der Waals surface area contributed by atoms with Gasteiger partial charge in [-0.25, -0.2) is 8.42 Å². The molecule has 1 aromatic carbocycles. The summed E-state index contributed by atoms with van der Waals surface area (Å²) < 4.78 is 27.3. The molecule has 2 aromatic rings. The van der Waals surface area contributed by atoms with Gasteiger partial charge in [-0.2, -0.15) is 0 Å². The number of thiophene rings is 1. The van der Waals surface area contributed by atoms with Gasteiger partial charge in [0.25, 0.3) is 10.0 Å². The third kappa shape index (κ3) is 3.01. The van der Waals surface area contributed by atoms with Crippen molar-refractivity contribution >= 4 is 54.6 Å². The first-order chi connectivity index (χ1) is 7.99. The number of rotatable bonds is 3. The Morgan fingerprint density at radius 1 is 1.29 bits per heavy atom. The normalized spacial score (nSPS) is 11.4. The predicted octanol–water partition coefficient (Wildman–Crippen LogP) is 3.96. The van der Waals surface area contributed by atoms with Crippen molar-refractivity contribution in [3.63, 3.8) is 0 Å². The SMILES string of the molecule is O=S(=O)(Nc1cc(Cl)ccc1Br)c1cccs1.